The molecule has 0 saturated heterocycles. The zero-order chi connectivity index (χ0) is 17.8. The fraction of sp³-hybridized carbons (Fsp3) is 0.188. The van der Waals surface area contributed by atoms with Crippen molar-refractivity contribution in [1.82, 2.24) is 24.9 Å². The predicted octanol–water partition coefficient (Wildman–Crippen LogP) is 2.89. The van der Waals surface area contributed by atoms with Crippen molar-refractivity contribution < 1.29 is 9.53 Å². The summed E-state index contributed by atoms with van der Waals surface area (Å²) < 4.78 is 8.75. The van der Waals surface area contributed by atoms with E-state index in [4.69, 9.17) is 27.9 Å². The van der Waals surface area contributed by atoms with Gasteiger partial charge in [0.05, 0.1) is 17.3 Å². The molecule has 0 aliphatic carbocycles. The van der Waals surface area contributed by atoms with Crippen LogP contribution in [0.2, 0.25) is 10.0 Å². The lowest BCUT2D eigenvalue weighted by Gasteiger charge is -2.08. The number of hydrogen-bond donors (Lipinski definition) is 1. The second-order valence-electron chi connectivity index (χ2n) is 5.25. The maximum absolute atomic E-state index is 12.1. The Labute approximate surface area is 154 Å². The second kappa shape index (κ2) is 7.58. The minimum Gasteiger partial charge on any atom is -0.470 e. The largest absolute Gasteiger partial charge is 0.470 e. The van der Waals surface area contributed by atoms with Crippen molar-refractivity contribution in [3.8, 4) is 5.75 Å². The van der Waals surface area contributed by atoms with Crippen LogP contribution in [0.4, 0.5) is 0 Å². The average molecular weight is 380 g/mol. The summed E-state index contributed by atoms with van der Waals surface area (Å²) in [6, 6.07) is 8.40. The summed E-state index contributed by atoms with van der Waals surface area (Å²) in [6.45, 7) is 0.457. The number of halogens is 2. The van der Waals surface area contributed by atoms with E-state index in [-0.39, 0.29) is 12.6 Å². The van der Waals surface area contributed by atoms with Crippen LogP contribution in [0.15, 0.2) is 42.7 Å². The van der Waals surface area contributed by atoms with Crippen LogP contribution in [-0.4, -0.2) is 25.5 Å². The lowest BCUT2D eigenvalue weighted by atomic mass is 10.3. The summed E-state index contributed by atoms with van der Waals surface area (Å²) in [4.78, 5) is 12.1. The van der Waals surface area contributed by atoms with Crippen molar-refractivity contribution in [2.24, 2.45) is 7.05 Å². The van der Waals surface area contributed by atoms with Gasteiger partial charge >= 0.3 is 0 Å². The van der Waals surface area contributed by atoms with Crippen LogP contribution in [-0.2, 0) is 20.3 Å². The van der Waals surface area contributed by atoms with E-state index >= 15 is 0 Å². The zero-order valence-corrected chi connectivity index (χ0v) is 14.8. The molecule has 9 heteroatoms. The van der Waals surface area contributed by atoms with Crippen molar-refractivity contribution in [3.63, 3.8) is 0 Å². The number of aromatic nitrogens is 4. The molecule has 25 heavy (non-hydrogen) atoms. The lowest BCUT2D eigenvalue weighted by Crippen LogP contribution is -2.24. The molecule has 0 aliphatic heterocycles. The van der Waals surface area contributed by atoms with Crippen molar-refractivity contribution >= 4 is 29.1 Å². The van der Waals surface area contributed by atoms with Crippen LogP contribution in [0.5, 0.6) is 5.75 Å². The molecular weight excluding hydrogens is 365 g/mol. The first-order chi connectivity index (χ1) is 12.0. The number of carbonyl (C=O) groups is 1. The fourth-order valence-electron chi connectivity index (χ4n) is 2.10. The van der Waals surface area contributed by atoms with E-state index in [0.29, 0.717) is 28.0 Å². The van der Waals surface area contributed by atoms with Gasteiger partial charge in [0.25, 0.3) is 5.91 Å². The van der Waals surface area contributed by atoms with E-state index in [1.165, 1.54) is 4.68 Å². The molecule has 0 unspecified atom stereocenters. The normalized spacial score (nSPS) is 10.7. The third kappa shape index (κ3) is 4.52. The molecule has 0 bridgehead atoms. The Kier molecular flexibility index (Phi) is 5.25. The molecular formula is C16H15Cl2N5O2. The van der Waals surface area contributed by atoms with Gasteiger partial charge < -0.3 is 10.1 Å². The SMILES string of the molecule is Cn1ccc(CNC(=O)c2ccn(COc3ccc(Cl)cc3Cl)n2)n1. The van der Waals surface area contributed by atoms with Gasteiger partial charge in [0.2, 0.25) is 0 Å². The Morgan fingerprint density at radius 3 is 2.76 bits per heavy atom. The number of benzene rings is 1. The van der Waals surface area contributed by atoms with Crippen molar-refractivity contribution in [1.29, 1.82) is 0 Å². The molecule has 3 aromatic rings. The average Bonchev–Trinajstić information content (AvgIpc) is 3.21. The van der Waals surface area contributed by atoms with Gasteiger partial charge in [-0.15, -0.1) is 0 Å². The van der Waals surface area contributed by atoms with Crippen LogP contribution in [0, 0.1) is 0 Å². The quantitative estimate of drug-likeness (QED) is 0.714. The lowest BCUT2D eigenvalue weighted by molar-refractivity contribution is 0.0943. The van der Waals surface area contributed by atoms with Crippen LogP contribution in [0.1, 0.15) is 16.2 Å². The molecule has 1 aromatic carbocycles. The van der Waals surface area contributed by atoms with E-state index in [0.717, 1.165) is 5.69 Å². The van der Waals surface area contributed by atoms with Crippen molar-refractivity contribution in [2.75, 3.05) is 0 Å². The van der Waals surface area contributed by atoms with Crippen LogP contribution in [0.25, 0.3) is 0 Å². The predicted molar refractivity (Wildman–Crippen MR) is 93.7 cm³/mol. The molecule has 1 N–H and O–H groups in total. The molecule has 2 aromatic heterocycles. The minimum atomic E-state index is -0.283. The molecule has 0 radical (unpaired) electrons. The third-order valence-corrected chi connectivity index (χ3v) is 3.85. The molecule has 2 heterocycles. The fourth-order valence-corrected chi connectivity index (χ4v) is 2.56. The maximum Gasteiger partial charge on any atom is 0.272 e. The number of ether oxygens (including phenoxy) is 1. The number of aryl methyl sites for hydroxylation is 1. The Morgan fingerprint density at radius 2 is 2.04 bits per heavy atom. The van der Waals surface area contributed by atoms with Gasteiger partial charge in [-0.05, 0) is 30.3 Å². The monoisotopic (exact) mass is 379 g/mol. The molecule has 1 amide bonds. The van der Waals surface area contributed by atoms with Crippen molar-refractivity contribution in [3.05, 3.63) is 64.2 Å². The first-order valence-corrected chi connectivity index (χ1v) is 8.15. The number of carbonyl (C=O) groups excluding carboxylic acids is 1. The minimum absolute atomic E-state index is 0.120. The first kappa shape index (κ1) is 17.3. The summed E-state index contributed by atoms with van der Waals surface area (Å²) in [7, 11) is 1.82. The van der Waals surface area contributed by atoms with Gasteiger partial charge in [0.15, 0.2) is 6.73 Å². The van der Waals surface area contributed by atoms with E-state index in [2.05, 4.69) is 15.5 Å². The topological polar surface area (TPSA) is 74.0 Å². The van der Waals surface area contributed by atoms with E-state index in [1.54, 1.807) is 35.1 Å². The van der Waals surface area contributed by atoms with Gasteiger partial charge in [-0.1, -0.05) is 23.2 Å². The van der Waals surface area contributed by atoms with Crippen LogP contribution >= 0.6 is 23.2 Å². The highest BCUT2D eigenvalue weighted by atomic mass is 35.5. The highest BCUT2D eigenvalue weighted by Gasteiger charge is 2.10. The summed E-state index contributed by atoms with van der Waals surface area (Å²) >= 11 is 11.9. The third-order valence-electron chi connectivity index (χ3n) is 3.32. The Bertz CT molecular complexity index is 890. The maximum atomic E-state index is 12.1. The first-order valence-electron chi connectivity index (χ1n) is 7.39. The van der Waals surface area contributed by atoms with E-state index < -0.39 is 0 Å². The Hall–Kier alpha value is -2.51. The summed E-state index contributed by atoms with van der Waals surface area (Å²) in [5, 5.41) is 12.1. The summed E-state index contributed by atoms with van der Waals surface area (Å²) in [5.41, 5.74) is 1.07. The van der Waals surface area contributed by atoms with Crippen LogP contribution in [0.3, 0.4) is 0 Å². The molecule has 3 rings (SSSR count). The van der Waals surface area contributed by atoms with Gasteiger partial charge in [0.1, 0.15) is 11.4 Å². The van der Waals surface area contributed by atoms with Gasteiger partial charge in [-0.25, -0.2) is 4.68 Å². The molecule has 0 aliphatic rings. The van der Waals surface area contributed by atoms with E-state index in [1.807, 2.05) is 19.3 Å². The highest BCUT2D eigenvalue weighted by Crippen LogP contribution is 2.27. The van der Waals surface area contributed by atoms with Gasteiger partial charge in [-0.3, -0.25) is 9.48 Å². The van der Waals surface area contributed by atoms with E-state index in [9.17, 15) is 4.79 Å². The number of amides is 1. The highest BCUT2D eigenvalue weighted by molar-refractivity contribution is 6.35. The van der Waals surface area contributed by atoms with Gasteiger partial charge in [0, 0.05) is 24.5 Å². The summed E-state index contributed by atoms with van der Waals surface area (Å²) in [6.07, 6.45) is 3.47. The van der Waals surface area contributed by atoms with Crippen LogP contribution < -0.4 is 10.1 Å². The number of rotatable bonds is 6. The molecule has 7 nitrogen and oxygen atoms in total. The second-order valence-corrected chi connectivity index (χ2v) is 6.10. The molecule has 130 valence electrons. The van der Waals surface area contributed by atoms with Crippen molar-refractivity contribution in [2.45, 2.75) is 13.3 Å². The molecule has 0 saturated carbocycles. The Balaban J connectivity index is 1.55. The number of hydrogen-bond acceptors (Lipinski definition) is 4. The number of nitrogens with zero attached hydrogens (tertiary/aromatic N) is 4. The summed E-state index contributed by atoms with van der Waals surface area (Å²) in [5.74, 6) is 0.205. The number of nitrogens with one attached hydrogen (secondary N) is 1. The molecule has 0 atom stereocenters. The molecule has 0 fully saturated rings. The smallest absolute Gasteiger partial charge is 0.272 e. The standard InChI is InChI=1S/C16H15Cl2N5O2/c1-22-6-4-12(20-22)9-19-16(24)14-5-7-23(21-14)10-25-15-3-2-11(17)8-13(15)18/h2-8H,9-10H2,1H3,(H,19,24). The zero-order valence-electron chi connectivity index (χ0n) is 13.3. The molecule has 0 spiro atoms. The van der Waals surface area contributed by atoms with Gasteiger partial charge in [-0.2, -0.15) is 10.2 Å². The Morgan fingerprint density at radius 1 is 1.20 bits per heavy atom.